The summed E-state index contributed by atoms with van der Waals surface area (Å²) in [6.45, 7) is 12.2. The summed E-state index contributed by atoms with van der Waals surface area (Å²) in [5.41, 5.74) is 0.553. The molecular weight excluding hydrogens is 220 g/mol. The van der Waals surface area contributed by atoms with Gasteiger partial charge in [-0.05, 0) is 70.7 Å². The first kappa shape index (κ1) is 16.0. The first-order valence-electron chi connectivity index (χ1n) is 7.82. The topological polar surface area (TPSA) is 6.48 Å². The van der Waals surface area contributed by atoms with Crippen LogP contribution >= 0.6 is 0 Å². The summed E-state index contributed by atoms with van der Waals surface area (Å²) < 4.78 is 0. The molecule has 0 N–H and O–H groups in total. The molecule has 1 rings (SSSR count). The molecule has 1 aliphatic heterocycles. The Bertz CT molecular complexity index is 229. The highest BCUT2D eigenvalue weighted by Crippen LogP contribution is 2.32. The maximum Gasteiger partial charge on any atom is 0.00328 e. The van der Waals surface area contributed by atoms with Gasteiger partial charge in [-0.15, -0.1) is 0 Å². The van der Waals surface area contributed by atoms with E-state index in [-0.39, 0.29) is 0 Å². The molecule has 0 aromatic carbocycles. The maximum absolute atomic E-state index is 2.53. The molecule has 0 bridgehead atoms. The number of piperidine rings is 1. The third-order valence-corrected chi connectivity index (χ3v) is 4.77. The Kier molecular flexibility index (Phi) is 6.65. The molecule has 0 aromatic heterocycles. The lowest BCUT2D eigenvalue weighted by atomic mass is 9.79. The van der Waals surface area contributed by atoms with Crippen LogP contribution in [-0.4, -0.2) is 50.1 Å². The number of nitrogens with zero attached hydrogens (tertiary/aromatic N) is 2. The highest BCUT2D eigenvalue weighted by Gasteiger charge is 2.29. The molecule has 0 amide bonds. The average molecular weight is 254 g/mol. The zero-order valence-electron chi connectivity index (χ0n) is 13.3. The van der Waals surface area contributed by atoms with Crippen LogP contribution in [0.3, 0.4) is 0 Å². The van der Waals surface area contributed by atoms with E-state index in [0.29, 0.717) is 5.41 Å². The predicted molar refractivity (Wildman–Crippen MR) is 81.0 cm³/mol. The molecule has 1 aliphatic rings. The van der Waals surface area contributed by atoms with Crippen molar-refractivity contribution in [2.75, 3.05) is 40.3 Å². The Morgan fingerprint density at radius 2 is 2.06 bits per heavy atom. The van der Waals surface area contributed by atoms with Gasteiger partial charge in [-0.25, -0.2) is 0 Å². The fourth-order valence-corrected chi connectivity index (χ4v) is 3.01. The monoisotopic (exact) mass is 254 g/mol. The Hall–Kier alpha value is -0.0800. The van der Waals surface area contributed by atoms with Gasteiger partial charge in [0.2, 0.25) is 0 Å². The fraction of sp³-hybridized carbons (Fsp3) is 1.00. The highest BCUT2D eigenvalue weighted by atomic mass is 15.1. The van der Waals surface area contributed by atoms with Gasteiger partial charge >= 0.3 is 0 Å². The van der Waals surface area contributed by atoms with Crippen LogP contribution in [0.4, 0.5) is 0 Å². The minimum atomic E-state index is 0.553. The van der Waals surface area contributed by atoms with E-state index in [9.17, 15) is 0 Å². The van der Waals surface area contributed by atoms with Crippen molar-refractivity contribution in [3.63, 3.8) is 0 Å². The van der Waals surface area contributed by atoms with Crippen LogP contribution in [0.5, 0.6) is 0 Å². The van der Waals surface area contributed by atoms with Gasteiger partial charge in [-0.1, -0.05) is 27.2 Å². The molecule has 0 aliphatic carbocycles. The largest absolute Gasteiger partial charge is 0.306 e. The minimum absolute atomic E-state index is 0.553. The molecule has 2 atom stereocenters. The molecule has 2 nitrogen and oxygen atoms in total. The Labute approximate surface area is 115 Å². The predicted octanol–water partition coefficient (Wildman–Crippen LogP) is 3.48. The van der Waals surface area contributed by atoms with E-state index in [4.69, 9.17) is 0 Å². The normalized spacial score (nSPS) is 27.7. The summed E-state index contributed by atoms with van der Waals surface area (Å²) in [5, 5.41) is 0. The van der Waals surface area contributed by atoms with E-state index in [0.717, 1.165) is 5.92 Å². The smallest absolute Gasteiger partial charge is 0.00328 e. The minimum Gasteiger partial charge on any atom is -0.306 e. The zero-order valence-corrected chi connectivity index (χ0v) is 13.3. The number of hydrogen-bond acceptors (Lipinski definition) is 2. The van der Waals surface area contributed by atoms with Gasteiger partial charge in [0.1, 0.15) is 0 Å². The number of hydrogen-bond donors (Lipinski definition) is 0. The average Bonchev–Trinajstić information content (AvgIpc) is 2.33. The summed E-state index contributed by atoms with van der Waals surface area (Å²) in [7, 11) is 4.56. The molecule has 0 radical (unpaired) electrons. The molecule has 2 unspecified atom stereocenters. The van der Waals surface area contributed by atoms with Crippen molar-refractivity contribution in [1.29, 1.82) is 0 Å². The van der Waals surface area contributed by atoms with Crippen molar-refractivity contribution >= 4 is 0 Å². The maximum atomic E-state index is 2.53. The summed E-state index contributed by atoms with van der Waals surface area (Å²) in [6.07, 6.45) is 6.81. The molecule has 2 heteroatoms. The first-order valence-corrected chi connectivity index (χ1v) is 7.82. The zero-order chi connectivity index (χ0) is 13.6. The van der Waals surface area contributed by atoms with E-state index >= 15 is 0 Å². The van der Waals surface area contributed by atoms with Gasteiger partial charge in [-0.3, -0.25) is 0 Å². The fourth-order valence-electron chi connectivity index (χ4n) is 3.01. The van der Waals surface area contributed by atoms with Crippen molar-refractivity contribution in [1.82, 2.24) is 9.80 Å². The molecular formula is C16H34N2. The van der Waals surface area contributed by atoms with Crippen LogP contribution in [0.2, 0.25) is 0 Å². The van der Waals surface area contributed by atoms with Crippen LogP contribution < -0.4 is 0 Å². The summed E-state index contributed by atoms with van der Waals surface area (Å²) in [4.78, 5) is 5.04. The molecule has 18 heavy (non-hydrogen) atoms. The van der Waals surface area contributed by atoms with Gasteiger partial charge < -0.3 is 9.80 Å². The van der Waals surface area contributed by atoms with Crippen LogP contribution in [0.1, 0.15) is 52.9 Å². The molecule has 0 aromatic rings. The number of likely N-dealkylation sites (tertiary alicyclic amines) is 1. The van der Waals surface area contributed by atoms with E-state index in [1.807, 2.05) is 0 Å². The van der Waals surface area contributed by atoms with Crippen molar-refractivity contribution < 1.29 is 0 Å². The van der Waals surface area contributed by atoms with Crippen molar-refractivity contribution in [3.05, 3.63) is 0 Å². The Morgan fingerprint density at radius 3 is 2.67 bits per heavy atom. The second kappa shape index (κ2) is 7.49. The summed E-state index contributed by atoms with van der Waals surface area (Å²) in [5.74, 6) is 0.879. The molecule has 0 saturated carbocycles. The van der Waals surface area contributed by atoms with E-state index in [1.165, 1.54) is 58.3 Å². The van der Waals surface area contributed by atoms with Gasteiger partial charge in [0.05, 0.1) is 0 Å². The van der Waals surface area contributed by atoms with Gasteiger partial charge in [0, 0.05) is 6.54 Å². The van der Waals surface area contributed by atoms with Gasteiger partial charge in [-0.2, -0.15) is 0 Å². The number of rotatable bonds is 7. The van der Waals surface area contributed by atoms with Gasteiger partial charge in [0.25, 0.3) is 0 Å². The summed E-state index contributed by atoms with van der Waals surface area (Å²) >= 11 is 0. The quantitative estimate of drug-likeness (QED) is 0.686. The SMILES string of the molecule is CCC(C)CCN(C)CCC1(C)CCCN(C)C1. The third kappa shape index (κ3) is 5.71. The molecule has 1 heterocycles. The Morgan fingerprint density at radius 1 is 1.33 bits per heavy atom. The van der Waals surface area contributed by atoms with Crippen LogP contribution in [0, 0.1) is 11.3 Å². The van der Waals surface area contributed by atoms with Crippen LogP contribution in [-0.2, 0) is 0 Å². The second-order valence-electron chi connectivity index (χ2n) is 7.01. The highest BCUT2D eigenvalue weighted by molar-refractivity contribution is 4.83. The Balaban J connectivity index is 2.22. The van der Waals surface area contributed by atoms with E-state index in [2.05, 4.69) is 44.7 Å². The summed E-state index contributed by atoms with van der Waals surface area (Å²) in [6, 6.07) is 0. The molecule has 1 fully saturated rings. The van der Waals surface area contributed by atoms with Crippen molar-refractivity contribution in [2.45, 2.75) is 52.9 Å². The van der Waals surface area contributed by atoms with Crippen molar-refractivity contribution in [2.24, 2.45) is 11.3 Å². The molecule has 108 valence electrons. The lowest BCUT2D eigenvalue weighted by molar-refractivity contribution is 0.104. The molecule has 1 saturated heterocycles. The van der Waals surface area contributed by atoms with Crippen molar-refractivity contribution in [3.8, 4) is 0 Å². The standard InChI is InChI=1S/C16H34N2/c1-6-15(2)8-12-17(4)13-10-16(3)9-7-11-18(5)14-16/h15H,6-14H2,1-5H3. The lowest BCUT2D eigenvalue weighted by Crippen LogP contribution is -2.41. The van der Waals surface area contributed by atoms with Crippen LogP contribution in [0.15, 0.2) is 0 Å². The van der Waals surface area contributed by atoms with Gasteiger partial charge in [0.15, 0.2) is 0 Å². The van der Waals surface area contributed by atoms with Crippen LogP contribution in [0.25, 0.3) is 0 Å². The third-order valence-electron chi connectivity index (χ3n) is 4.77. The van der Waals surface area contributed by atoms with E-state index in [1.54, 1.807) is 0 Å². The van der Waals surface area contributed by atoms with E-state index < -0.39 is 0 Å². The second-order valence-corrected chi connectivity index (χ2v) is 7.01. The first-order chi connectivity index (χ1) is 8.45. The molecule has 0 spiro atoms. The lowest BCUT2D eigenvalue weighted by Gasteiger charge is -2.39.